The molecule has 1 atom stereocenters. The fourth-order valence-corrected chi connectivity index (χ4v) is 5.81. The highest BCUT2D eigenvalue weighted by molar-refractivity contribution is 7.99. The van der Waals surface area contributed by atoms with Crippen LogP contribution in [0.25, 0.3) is 0 Å². The molecule has 0 bridgehead atoms. The van der Waals surface area contributed by atoms with E-state index in [1.54, 1.807) is 23.9 Å². The third-order valence-electron chi connectivity index (χ3n) is 6.11. The minimum Gasteiger partial charge on any atom is -0.473 e. The van der Waals surface area contributed by atoms with Crippen LogP contribution in [0.15, 0.2) is 58.3 Å². The number of sulfonamides is 1. The molecule has 196 valence electrons. The number of nitrogens with zero attached hydrogens (tertiary/aromatic N) is 1. The summed E-state index contributed by atoms with van der Waals surface area (Å²) < 4.78 is 31.6. The molecule has 2 aromatic carbocycles. The molecule has 1 fully saturated rings. The zero-order chi connectivity index (χ0) is 26.1. The van der Waals surface area contributed by atoms with Crippen LogP contribution in [0.4, 0.5) is 5.69 Å². The van der Waals surface area contributed by atoms with Gasteiger partial charge in [-0.1, -0.05) is 18.2 Å². The molecule has 1 heterocycles. The number of thioether (sulfide) groups is 1. The highest BCUT2D eigenvalue weighted by Gasteiger charge is 2.25. The minimum atomic E-state index is -3.51. The lowest BCUT2D eigenvalue weighted by molar-refractivity contribution is -0.168. The van der Waals surface area contributed by atoms with Crippen LogP contribution in [0.1, 0.15) is 24.8 Å². The fourth-order valence-electron chi connectivity index (χ4n) is 4.00. The van der Waals surface area contributed by atoms with E-state index >= 15 is 0 Å². The van der Waals surface area contributed by atoms with E-state index in [0.717, 1.165) is 43.1 Å². The molecule has 0 aliphatic carbocycles. The molecule has 3 rings (SSSR count). The number of ether oxygens (including phenoxy) is 1. The van der Waals surface area contributed by atoms with E-state index in [2.05, 4.69) is 27.1 Å². The van der Waals surface area contributed by atoms with Crippen molar-refractivity contribution >= 4 is 39.4 Å². The molecule has 1 aliphatic heterocycles. The molecule has 3 N–H and O–H groups in total. The van der Waals surface area contributed by atoms with Crippen molar-refractivity contribution in [3.63, 3.8) is 0 Å². The van der Waals surface area contributed by atoms with E-state index in [1.807, 2.05) is 31.2 Å². The Hall–Kier alpha value is -2.60. The first-order chi connectivity index (χ1) is 17.2. The van der Waals surface area contributed by atoms with Crippen molar-refractivity contribution in [1.29, 1.82) is 0 Å². The van der Waals surface area contributed by atoms with Gasteiger partial charge in [-0.3, -0.25) is 0 Å². The van der Waals surface area contributed by atoms with Gasteiger partial charge in [0, 0.05) is 42.0 Å². The summed E-state index contributed by atoms with van der Waals surface area (Å²) in [6, 6.07) is 15.4. The number of piperidine rings is 1. The molecule has 0 unspecified atom stereocenters. The van der Waals surface area contributed by atoms with Gasteiger partial charge in [-0.25, -0.2) is 22.7 Å². The van der Waals surface area contributed by atoms with Gasteiger partial charge in [-0.15, -0.1) is 11.8 Å². The molecule has 0 radical (unpaired) electrons. The maximum atomic E-state index is 12.1. The van der Waals surface area contributed by atoms with E-state index in [-0.39, 0.29) is 17.0 Å². The normalized spacial score (nSPS) is 15.8. The Morgan fingerprint density at radius 1 is 1.17 bits per heavy atom. The highest BCUT2D eigenvalue weighted by Crippen LogP contribution is 2.25. The largest absolute Gasteiger partial charge is 0.473 e. The van der Waals surface area contributed by atoms with Gasteiger partial charge in [-0.05, 0) is 69.1 Å². The molecule has 11 heteroatoms. The number of aliphatic carboxylic acids is 1. The minimum absolute atomic E-state index is 0.128. The number of benzene rings is 2. The predicted molar refractivity (Wildman–Crippen MR) is 140 cm³/mol. The first-order valence-corrected chi connectivity index (χ1v) is 14.3. The van der Waals surface area contributed by atoms with Gasteiger partial charge in [0.1, 0.15) is 6.10 Å². The van der Waals surface area contributed by atoms with Gasteiger partial charge in [0.25, 0.3) is 0 Å². The molecule has 9 nitrogen and oxygen atoms in total. The van der Waals surface area contributed by atoms with E-state index in [1.165, 1.54) is 11.9 Å². The number of hydrogen-bond acceptors (Lipinski definition) is 8. The number of nitrogens with one attached hydrogen (secondary N) is 2. The summed E-state index contributed by atoms with van der Waals surface area (Å²) in [5.74, 6) is -1.93. The number of hydrogen-bond donors (Lipinski definition) is 3. The summed E-state index contributed by atoms with van der Waals surface area (Å²) in [4.78, 5) is 25.7. The van der Waals surface area contributed by atoms with Crippen LogP contribution in [0.2, 0.25) is 0 Å². The summed E-state index contributed by atoms with van der Waals surface area (Å²) in [5, 5.41) is 12.3. The quantitative estimate of drug-likeness (QED) is 0.226. The zero-order valence-corrected chi connectivity index (χ0v) is 22.1. The Labute approximate surface area is 216 Å². The lowest BCUT2D eigenvalue weighted by atomic mass is 10.1. The monoisotopic (exact) mass is 535 g/mol. The van der Waals surface area contributed by atoms with Crippen molar-refractivity contribution in [2.45, 2.75) is 48.1 Å². The highest BCUT2D eigenvalue weighted by atomic mass is 32.2. The number of carbonyl (C=O) groups is 2. The standard InChI is InChI=1S/C25H33N3O6S2/c1-18-16-22(36(32,33)26-2)8-9-23(18)27-19(17-35-21-6-4-3-5-7-21)10-13-28-14-11-20(12-15-28)34-25(31)24(29)30/h3-9,16,19-20,26-27H,10-15,17H2,1-2H3,(H,29,30)/t19-/m1/s1. The summed E-state index contributed by atoms with van der Waals surface area (Å²) in [6.07, 6.45) is 1.71. The molecule has 0 saturated carbocycles. The zero-order valence-electron chi connectivity index (χ0n) is 20.5. The average Bonchev–Trinajstić information content (AvgIpc) is 2.88. The Kier molecular flexibility index (Phi) is 10.2. The second kappa shape index (κ2) is 13.1. The van der Waals surface area contributed by atoms with Gasteiger partial charge >= 0.3 is 11.9 Å². The van der Waals surface area contributed by atoms with Gasteiger partial charge in [0.2, 0.25) is 10.0 Å². The number of carbonyl (C=O) groups excluding carboxylic acids is 1. The maximum absolute atomic E-state index is 12.1. The fraction of sp³-hybridized carbons (Fsp3) is 0.440. The number of esters is 1. The number of anilines is 1. The Balaban J connectivity index is 1.61. The van der Waals surface area contributed by atoms with Crippen LogP contribution >= 0.6 is 11.8 Å². The van der Waals surface area contributed by atoms with Crippen molar-refractivity contribution < 1.29 is 27.9 Å². The van der Waals surface area contributed by atoms with Gasteiger partial charge < -0.3 is 20.1 Å². The van der Waals surface area contributed by atoms with Crippen LogP contribution in [0, 0.1) is 6.92 Å². The Morgan fingerprint density at radius 2 is 1.86 bits per heavy atom. The molecule has 36 heavy (non-hydrogen) atoms. The van der Waals surface area contributed by atoms with Gasteiger partial charge in [0.15, 0.2) is 0 Å². The summed E-state index contributed by atoms with van der Waals surface area (Å²) in [6.45, 7) is 4.18. The Bertz CT molecular complexity index is 1140. The molecular formula is C25H33N3O6S2. The second-order valence-corrected chi connectivity index (χ2v) is 11.7. The predicted octanol–water partition coefficient (Wildman–Crippen LogP) is 2.96. The first kappa shape index (κ1) is 28.0. The first-order valence-electron chi connectivity index (χ1n) is 11.8. The lowest BCUT2D eigenvalue weighted by Gasteiger charge is -2.32. The molecule has 0 spiro atoms. The van der Waals surface area contributed by atoms with Crippen LogP contribution in [0.3, 0.4) is 0 Å². The van der Waals surface area contributed by atoms with E-state index in [0.29, 0.717) is 12.8 Å². The number of likely N-dealkylation sites (tertiary alicyclic amines) is 1. The number of carboxylic acid groups (broad SMARTS) is 1. The third-order valence-corrected chi connectivity index (χ3v) is 8.69. The summed E-state index contributed by atoms with van der Waals surface area (Å²) >= 11 is 1.76. The topological polar surface area (TPSA) is 125 Å². The SMILES string of the molecule is CNS(=O)(=O)c1ccc(N[C@H](CCN2CCC(OC(=O)C(=O)O)CC2)CSc2ccccc2)c(C)c1. The lowest BCUT2D eigenvalue weighted by Crippen LogP contribution is -2.40. The van der Waals surface area contributed by atoms with Crippen LogP contribution in [0.5, 0.6) is 0 Å². The summed E-state index contributed by atoms with van der Waals surface area (Å²) in [7, 11) is -2.11. The van der Waals surface area contributed by atoms with Crippen molar-refractivity contribution in [1.82, 2.24) is 9.62 Å². The van der Waals surface area contributed by atoms with Crippen molar-refractivity contribution in [3.8, 4) is 0 Å². The van der Waals surface area contributed by atoms with Crippen molar-refractivity contribution in [2.75, 3.05) is 37.8 Å². The van der Waals surface area contributed by atoms with Gasteiger partial charge in [0.05, 0.1) is 4.90 Å². The number of carboxylic acids is 1. The van der Waals surface area contributed by atoms with Crippen LogP contribution < -0.4 is 10.0 Å². The number of rotatable bonds is 11. The third kappa shape index (κ3) is 8.22. The summed E-state index contributed by atoms with van der Waals surface area (Å²) in [5.41, 5.74) is 1.74. The smallest absolute Gasteiger partial charge is 0.417 e. The molecular weight excluding hydrogens is 502 g/mol. The molecule has 1 aliphatic rings. The van der Waals surface area contributed by atoms with E-state index < -0.39 is 22.0 Å². The molecule has 0 aromatic heterocycles. The van der Waals surface area contributed by atoms with Crippen molar-refractivity contribution in [3.05, 3.63) is 54.1 Å². The second-order valence-electron chi connectivity index (χ2n) is 8.69. The molecule has 1 saturated heterocycles. The van der Waals surface area contributed by atoms with Crippen molar-refractivity contribution in [2.24, 2.45) is 0 Å². The average molecular weight is 536 g/mol. The number of aryl methyl sites for hydroxylation is 1. The Morgan fingerprint density at radius 3 is 2.47 bits per heavy atom. The molecule has 2 aromatic rings. The van der Waals surface area contributed by atoms with E-state index in [4.69, 9.17) is 9.84 Å². The maximum Gasteiger partial charge on any atom is 0.417 e. The van der Waals surface area contributed by atoms with E-state index in [9.17, 15) is 18.0 Å². The van der Waals surface area contributed by atoms with Gasteiger partial charge in [-0.2, -0.15) is 0 Å². The van der Waals surface area contributed by atoms with Crippen LogP contribution in [-0.4, -0.2) is 74.9 Å². The van der Waals surface area contributed by atoms with Crippen LogP contribution in [-0.2, 0) is 24.3 Å². The molecule has 0 amide bonds.